The number of ether oxygens (including phenoxy) is 2. The number of para-hydroxylation sites is 1. The molecule has 0 aliphatic carbocycles. The Labute approximate surface area is 223 Å². The summed E-state index contributed by atoms with van der Waals surface area (Å²) in [6.07, 6.45) is 5.49. The van der Waals surface area contributed by atoms with Gasteiger partial charge in [0, 0.05) is 22.1 Å². The Morgan fingerprint density at radius 3 is 1.89 bits per heavy atom. The van der Waals surface area contributed by atoms with E-state index < -0.39 is 16.5 Å². The first-order valence-corrected chi connectivity index (χ1v) is 16.3. The van der Waals surface area contributed by atoms with Crippen LogP contribution in [-0.2, 0) is 16.5 Å². The first-order chi connectivity index (χ1) is 17.2. The van der Waals surface area contributed by atoms with E-state index >= 15 is 0 Å². The molecule has 0 fully saturated rings. The molecule has 0 N–H and O–H groups in total. The Morgan fingerprint density at radius 2 is 1.17 bits per heavy atom. The minimum atomic E-state index is -0.472. The number of rotatable bonds is 3. The molecular weight excluding hydrogens is 658 g/mol. The zero-order valence-electron chi connectivity index (χ0n) is 19.3. The van der Waals surface area contributed by atoms with Gasteiger partial charge >= 0.3 is 35.3 Å². The van der Waals surface area contributed by atoms with Crippen LogP contribution in [0.15, 0.2) is 103 Å². The summed E-state index contributed by atoms with van der Waals surface area (Å²) in [5.74, 6) is 4.47. The number of halogens is 2. The van der Waals surface area contributed by atoms with Gasteiger partial charge in [-0.3, -0.25) is 0 Å². The fraction of sp³-hybridized carbons (Fsp3) is 0.0667. The molecule has 0 heterocycles. The van der Waals surface area contributed by atoms with Crippen LogP contribution in [0.25, 0.3) is 32.7 Å². The second-order valence-corrected chi connectivity index (χ2v) is 10.6. The molecule has 0 saturated carbocycles. The summed E-state index contributed by atoms with van der Waals surface area (Å²) in [5.41, 5.74) is 2.94. The van der Waals surface area contributed by atoms with Crippen LogP contribution in [0, 0.1) is 12.3 Å². The summed E-state index contributed by atoms with van der Waals surface area (Å²) < 4.78 is 10.8. The summed E-state index contributed by atoms with van der Waals surface area (Å²) in [6, 6.07) is 34.5. The molecule has 0 aliphatic heterocycles. The minimum absolute atomic E-state index is 0.472. The van der Waals surface area contributed by atoms with Crippen molar-refractivity contribution in [3.05, 3.63) is 109 Å². The predicted octanol–water partition coefficient (Wildman–Crippen LogP) is 8.72. The normalized spacial score (nSPS) is 9.91. The molecule has 180 valence electrons. The van der Waals surface area contributed by atoms with Crippen LogP contribution in [0.1, 0.15) is 5.56 Å². The molecule has 0 spiro atoms. The fourth-order valence-corrected chi connectivity index (χ4v) is 3.91. The summed E-state index contributed by atoms with van der Waals surface area (Å²) in [4.78, 5) is 0. The van der Waals surface area contributed by atoms with Crippen molar-refractivity contribution in [1.29, 1.82) is 0 Å². The van der Waals surface area contributed by atoms with E-state index in [0.717, 1.165) is 28.2 Å². The maximum atomic E-state index is 5.49. The molecule has 2 nitrogen and oxygen atoms in total. The van der Waals surface area contributed by atoms with Crippen molar-refractivity contribution in [2.45, 2.75) is 0 Å². The molecular formula is C30H24Cl2O2Pt. The van der Waals surface area contributed by atoms with Gasteiger partial charge in [-0.25, -0.2) is 0 Å². The second-order valence-electron chi connectivity index (χ2n) is 7.28. The molecule has 5 aromatic carbocycles. The Balaban J connectivity index is 0.000000176. The molecule has 0 saturated heterocycles. The topological polar surface area (TPSA) is 18.5 Å². The zero-order valence-corrected chi connectivity index (χ0v) is 23.1. The molecule has 0 bridgehead atoms. The summed E-state index contributed by atoms with van der Waals surface area (Å²) in [7, 11) is 13.1. The van der Waals surface area contributed by atoms with E-state index in [1.165, 1.54) is 21.5 Å². The standard InChI is InChI=1S/2C15H12O.2ClH.Pt/c1-16-14-8-4-6-12-10-9-11-5-2-3-7-13(11)15(12)14;1-3-12-8-4-5-9-13(12)14-10-6-7-11-15(14)16-2;;;/h2-10H,1H3;1,4-11H,2H3;2*1H;/q;;;;+2/p-2. The summed E-state index contributed by atoms with van der Waals surface area (Å²) in [5, 5.41) is 4.91. The van der Waals surface area contributed by atoms with Gasteiger partial charge in [-0.2, -0.15) is 0 Å². The number of fused-ring (bicyclic) bond motifs is 3. The van der Waals surface area contributed by atoms with Crippen LogP contribution in [0.4, 0.5) is 0 Å². The van der Waals surface area contributed by atoms with E-state index in [0.29, 0.717) is 0 Å². The number of terminal acetylenes is 1. The van der Waals surface area contributed by atoms with Gasteiger partial charge in [0.1, 0.15) is 11.5 Å². The van der Waals surface area contributed by atoms with Crippen LogP contribution < -0.4 is 9.47 Å². The third-order valence-corrected chi connectivity index (χ3v) is 5.43. The number of hydrogen-bond donors (Lipinski definition) is 0. The Kier molecular flexibility index (Phi) is 10.5. The average molecular weight is 683 g/mol. The molecule has 0 amide bonds. The summed E-state index contributed by atoms with van der Waals surface area (Å²) >= 11 is -0.472. The molecule has 35 heavy (non-hydrogen) atoms. The Hall–Kier alpha value is -2.95. The van der Waals surface area contributed by atoms with Crippen LogP contribution in [0.5, 0.6) is 11.5 Å². The molecule has 5 heteroatoms. The van der Waals surface area contributed by atoms with Gasteiger partial charge in [-0.15, -0.1) is 6.42 Å². The van der Waals surface area contributed by atoms with Gasteiger partial charge in [-0.05, 0) is 34.4 Å². The second kappa shape index (κ2) is 13.8. The third kappa shape index (κ3) is 6.59. The Bertz CT molecular complexity index is 1440. The van der Waals surface area contributed by atoms with E-state index in [4.69, 9.17) is 34.7 Å². The van der Waals surface area contributed by atoms with Gasteiger partial charge in [0.05, 0.1) is 14.2 Å². The van der Waals surface area contributed by atoms with E-state index in [-0.39, 0.29) is 0 Å². The Morgan fingerprint density at radius 1 is 0.629 bits per heavy atom. The molecule has 0 atom stereocenters. The SMILES string of the molecule is C#Cc1ccccc1-c1ccccc1OC.COc1cccc2ccc3ccccc3c12.[Cl][Pt][Cl]. The number of hydrogen-bond acceptors (Lipinski definition) is 2. The summed E-state index contributed by atoms with van der Waals surface area (Å²) in [6.45, 7) is 0. The van der Waals surface area contributed by atoms with Gasteiger partial charge in [0.2, 0.25) is 0 Å². The van der Waals surface area contributed by atoms with E-state index in [2.05, 4.69) is 48.4 Å². The van der Waals surface area contributed by atoms with E-state index in [9.17, 15) is 0 Å². The van der Waals surface area contributed by atoms with Crippen molar-refractivity contribution in [2.75, 3.05) is 14.2 Å². The van der Waals surface area contributed by atoms with Crippen molar-refractivity contribution in [3.63, 3.8) is 0 Å². The van der Waals surface area contributed by atoms with Crippen molar-refractivity contribution in [3.8, 4) is 35.0 Å². The zero-order chi connectivity index (χ0) is 25.0. The maximum absolute atomic E-state index is 5.49. The van der Waals surface area contributed by atoms with Crippen molar-refractivity contribution in [1.82, 2.24) is 0 Å². The van der Waals surface area contributed by atoms with Crippen LogP contribution >= 0.6 is 18.8 Å². The number of methoxy groups -OCH3 is 2. The van der Waals surface area contributed by atoms with Crippen LogP contribution in [0.3, 0.4) is 0 Å². The molecule has 0 aliphatic rings. The molecule has 0 radical (unpaired) electrons. The quantitative estimate of drug-likeness (QED) is 0.140. The first kappa shape index (κ1) is 26.6. The first-order valence-electron chi connectivity index (χ1n) is 10.6. The van der Waals surface area contributed by atoms with Crippen molar-refractivity contribution < 1.29 is 26.0 Å². The van der Waals surface area contributed by atoms with Gasteiger partial charge in [-0.1, -0.05) is 90.8 Å². The van der Waals surface area contributed by atoms with Gasteiger partial charge in [0.25, 0.3) is 0 Å². The fourth-order valence-electron chi connectivity index (χ4n) is 3.91. The van der Waals surface area contributed by atoms with Gasteiger partial charge < -0.3 is 9.47 Å². The van der Waals surface area contributed by atoms with E-state index in [1.807, 2.05) is 60.7 Å². The molecule has 0 aromatic heterocycles. The van der Waals surface area contributed by atoms with Crippen molar-refractivity contribution in [2.24, 2.45) is 0 Å². The molecule has 5 aromatic rings. The van der Waals surface area contributed by atoms with Crippen molar-refractivity contribution >= 4 is 40.4 Å². The van der Waals surface area contributed by atoms with Crippen LogP contribution in [0.2, 0.25) is 0 Å². The average Bonchev–Trinajstić information content (AvgIpc) is 2.93. The third-order valence-electron chi connectivity index (χ3n) is 5.43. The van der Waals surface area contributed by atoms with Gasteiger partial charge in [0.15, 0.2) is 0 Å². The molecule has 0 unspecified atom stereocenters. The number of benzene rings is 5. The molecule has 5 rings (SSSR count). The van der Waals surface area contributed by atoms with E-state index in [1.54, 1.807) is 14.2 Å². The predicted molar refractivity (Wildman–Crippen MR) is 146 cm³/mol. The monoisotopic (exact) mass is 681 g/mol. The van der Waals surface area contributed by atoms with Crippen LogP contribution in [-0.4, -0.2) is 14.2 Å².